The molecule has 2 aromatic carbocycles. The molecule has 26 heavy (non-hydrogen) atoms. The van der Waals surface area contributed by atoms with Gasteiger partial charge in [-0.05, 0) is 42.0 Å². The van der Waals surface area contributed by atoms with E-state index in [9.17, 15) is 10.0 Å². The fourth-order valence-electron chi connectivity index (χ4n) is 3.73. The standard InChI is InChI=1S/C22H20N2O2/c25-22-11-5-10-19-12-13-20(23-26)21(24(19)22)15-16-6-4-9-18(14-16)17-7-2-1-3-8-17/h1-11,14,21,26H,12-13,15H2. The summed E-state index contributed by atoms with van der Waals surface area (Å²) in [4.78, 5) is 12.4. The molecule has 4 heteroatoms. The topological polar surface area (TPSA) is 54.6 Å². The Kier molecular flexibility index (Phi) is 4.40. The van der Waals surface area contributed by atoms with Gasteiger partial charge in [0.2, 0.25) is 0 Å². The molecule has 0 saturated heterocycles. The third-order valence-corrected chi connectivity index (χ3v) is 5.00. The quantitative estimate of drug-likeness (QED) is 0.575. The third-order valence-electron chi connectivity index (χ3n) is 5.00. The lowest BCUT2D eigenvalue weighted by molar-refractivity contribution is 0.310. The van der Waals surface area contributed by atoms with Gasteiger partial charge in [0.25, 0.3) is 5.56 Å². The van der Waals surface area contributed by atoms with Gasteiger partial charge in [-0.3, -0.25) is 4.79 Å². The summed E-state index contributed by atoms with van der Waals surface area (Å²) < 4.78 is 1.77. The lowest BCUT2D eigenvalue weighted by Gasteiger charge is -2.28. The normalized spacial score (nSPS) is 17.8. The summed E-state index contributed by atoms with van der Waals surface area (Å²) in [5.41, 5.74) is 5.02. The van der Waals surface area contributed by atoms with E-state index >= 15 is 0 Å². The number of aromatic nitrogens is 1. The van der Waals surface area contributed by atoms with E-state index in [1.807, 2.05) is 30.3 Å². The Morgan fingerprint density at radius 3 is 2.50 bits per heavy atom. The van der Waals surface area contributed by atoms with E-state index in [1.54, 1.807) is 16.7 Å². The van der Waals surface area contributed by atoms with Gasteiger partial charge in [-0.25, -0.2) is 0 Å². The molecule has 1 aliphatic rings. The van der Waals surface area contributed by atoms with Crippen molar-refractivity contribution < 1.29 is 5.21 Å². The van der Waals surface area contributed by atoms with Crippen LogP contribution < -0.4 is 5.56 Å². The van der Waals surface area contributed by atoms with Crippen molar-refractivity contribution in [2.24, 2.45) is 5.16 Å². The van der Waals surface area contributed by atoms with Crippen LogP contribution in [0.3, 0.4) is 0 Å². The van der Waals surface area contributed by atoms with Gasteiger partial charge in [0.1, 0.15) is 0 Å². The molecular weight excluding hydrogens is 324 g/mol. The zero-order valence-corrected chi connectivity index (χ0v) is 14.4. The smallest absolute Gasteiger partial charge is 0.251 e. The molecule has 4 rings (SSSR count). The van der Waals surface area contributed by atoms with Crippen LogP contribution in [0.1, 0.15) is 23.7 Å². The van der Waals surface area contributed by atoms with Gasteiger partial charge in [0.05, 0.1) is 11.8 Å². The van der Waals surface area contributed by atoms with Gasteiger partial charge in [0.15, 0.2) is 0 Å². The van der Waals surface area contributed by atoms with E-state index in [0.717, 1.165) is 28.8 Å². The lowest BCUT2D eigenvalue weighted by atomic mass is 9.92. The van der Waals surface area contributed by atoms with Crippen LogP contribution in [-0.2, 0) is 12.8 Å². The summed E-state index contributed by atoms with van der Waals surface area (Å²) in [6.45, 7) is 0. The number of fused-ring (bicyclic) bond motifs is 1. The van der Waals surface area contributed by atoms with Crippen molar-refractivity contribution in [2.75, 3.05) is 0 Å². The summed E-state index contributed by atoms with van der Waals surface area (Å²) >= 11 is 0. The zero-order chi connectivity index (χ0) is 17.9. The molecule has 0 radical (unpaired) electrons. The molecule has 1 unspecified atom stereocenters. The second-order valence-corrected chi connectivity index (χ2v) is 6.60. The predicted molar refractivity (Wildman–Crippen MR) is 103 cm³/mol. The van der Waals surface area contributed by atoms with E-state index in [-0.39, 0.29) is 11.6 Å². The van der Waals surface area contributed by atoms with Crippen molar-refractivity contribution >= 4 is 5.71 Å². The number of nitrogens with zero attached hydrogens (tertiary/aromatic N) is 2. The van der Waals surface area contributed by atoms with Gasteiger partial charge in [-0.1, -0.05) is 65.8 Å². The second kappa shape index (κ2) is 7.00. The van der Waals surface area contributed by atoms with Gasteiger partial charge < -0.3 is 9.77 Å². The van der Waals surface area contributed by atoms with Crippen molar-refractivity contribution in [1.29, 1.82) is 0 Å². The summed E-state index contributed by atoms with van der Waals surface area (Å²) in [5.74, 6) is 0. The molecule has 4 nitrogen and oxygen atoms in total. The van der Waals surface area contributed by atoms with E-state index in [4.69, 9.17) is 0 Å². The molecule has 2 heterocycles. The highest BCUT2D eigenvalue weighted by atomic mass is 16.4. The molecule has 130 valence electrons. The van der Waals surface area contributed by atoms with E-state index < -0.39 is 0 Å². The number of hydrogen-bond acceptors (Lipinski definition) is 3. The van der Waals surface area contributed by atoms with Gasteiger partial charge in [0, 0.05) is 11.8 Å². The van der Waals surface area contributed by atoms with Crippen molar-refractivity contribution in [1.82, 2.24) is 4.57 Å². The number of rotatable bonds is 3. The first-order chi connectivity index (χ1) is 12.8. The fraction of sp³-hybridized carbons (Fsp3) is 0.182. The fourth-order valence-corrected chi connectivity index (χ4v) is 3.73. The van der Waals surface area contributed by atoms with Crippen LogP contribution in [0.5, 0.6) is 0 Å². The van der Waals surface area contributed by atoms with Crippen LogP contribution in [0.15, 0.2) is 82.7 Å². The summed E-state index contributed by atoms with van der Waals surface area (Å²) in [7, 11) is 0. The monoisotopic (exact) mass is 344 g/mol. The molecule has 0 aliphatic carbocycles. The van der Waals surface area contributed by atoms with E-state index in [2.05, 4.69) is 35.5 Å². The minimum Gasteiger partial charge on any atom is -0.411 e. The maximum absolute atomic E-state index is 12.4. The Labute approximate surface area is 152 Å². The first-order valence-corrected chi connectivity index (χ1v) is 8.82. The Balaban J connectivity index is 1.72. The lowest BCUT2D eigenvalue weighted by Crippen LogP contribution is -2.37. The maximum Gasteiger partial charge on any atom is 0.251 e. The highest BCUT2D eigenvalue weighted by Crippen LogP contribution is 2.27. The van der Waals surface area contributed by atoms with Crippen LogP contribution in [-0.4, -0.2) is 15.5 Å². The zero-order valence-electron chi connectivity index (χ0n) is 14.4. The number of hydrogen-bond donors (Lipinski definition) is 1. The second-order valence-electron chi connectivity index (χ2n) is 6.60. The van der Waals surface area contributed by atoms with Crippen LogP contribution in [0.4, 0.5) is 0 Å². The third kappa shape index (κ3) is 3.06. The minimum absolute atomic E-state index is 0.0486. The summed E-state index contributed by atoms with van der Waals surface area (Å²) in [6, 6.07) is 23.6. The molecule has 0 saturated carbocycles. The van der Waals surface area contributed by atoms with Crippen molar-refractivity contribution in [3.05, 3.63) is 94.4 Å². The molecule has 1 aliphatic heterocycles. The van der Waals surface area contributed by atoms with Crippen LogP contribution >= 0.6 is 0 Å². The molecule has 0 amide bonds. The van der Waals surface area contributed by atoms with Gasteiger partial charge >= 0.3 is 0 Å². The molecule has 1 N–H and O–H groups in total. The maximum atomic E-state index is 12.4. The molecule has 0 spiro atoms. The van der Waals surface area contributed by atoms with E-state index in [0.29, 0.717) is 18.6 Å². The first-order valence-electron chi connectivity index (χ1n) is 8.82. The number of aryl methyl sites for hydroxylation is 1. The van der Waals surface area contributed by atoms with Crippen LogP contribution in [0, 0.1) is 0 Å². The van der Waals surface area contributed by atoms with E-state index in [1.165, 1.54) is 0 Å². The average Bonchev–Trinajstić information content (AvgIpc) is 2.69. The van der Waals surface area contributed by atoms with Crippen molar-refractivity contribution in [3.63, 3.8) is 0 Å². The van der Waals surface area contributed by atoms with Crippen LogP contribution in [0.2, 0.25) is 0 Å². The SMILES string of the molecule is O=c1cccc2n1C(Cc1cccc(-c3ccccc3)c1)C(=NO)CC2. The number of pyridine rings is 1. The molecule has 3 aromatic rings. The molecule has 0 bridgehead atoms. The molecule has 1 atom stereocenters. The largest absolute Gasteiger partial charge is 0.411 e. The Bertz CT molecular complexity index is 1010. The molecular formula is C22H20N2O2. The first kappa shape index (κ1) is 16.3. The number of oxime groups is 1. The Hall–Kier alpha value is -3.14. The van der Waals surface area contributed by atoms with Crippen LogP contribution in [0.25, 0.3) is 11.1 Å². The molecule has 1 aromatic heterocycles. The Morgan fingerprint density at radius 1 is 0.923 bits per heavy atom. The highest BCUT2D eigenvalue weighted by Gasteiger charge is 2.27. The van der Waals surface area contributed by atoms with Crippen molar-refractivity contribution in [2.45, 2.75) is 25.3 Å². The average molecular weight is 344 g/mol. The van der Waals surface area contributed by atoms with Gasteiger partial charge in [-0.15, -0.1) is 0 Å². The summed E-state index contributed by atoms with van der Waals surface area (Å²) in [5, 5.41) is 13.0. The highest BCUT2D eigenvalue weighted by molar-refractivity contribution is 5.89. The van der Waals surface area contributed by atoms with Gasteiger partial charge in [-0.2, -0.15) is 0 Å². The molecule has 0 fully saturated rings. The minimum atomic E-state index is -0.247. The summed E-state index contributed by atoms with van der Waals surface area (Å²) in [6.07, 6.45) is 2.01. The predicted octanol–water partition coefficient (Wildman–Crippen LogP) is 4.08. The Morgan fingerprint density at radius 2 is 1.69 bits per heavy atom. The van der Waals surface area contributed by atoms with Crippen molar-refractivity contribution in [3.8, 4) is 11.1 Å². The number of benzene rings is 2.